The number of rotatable bonds is 2. The van der Waals surface area contributed by atoms with Crippen LogP contribution in [0.3, 0.4) is 0 Å². The van der Waals surface area contributed by atoms with E-state index in [2.05, 4.69) is 0 Å². The molecule has 0 aliphatic heterocycles. The van der Waals surface area contributed by atoms with Gasteiger partial charge in [0.25, 0.3) is 0 Å². The van der Waals surface area contributed by atoms with E-state index < -0.39 is 0 Å². The van der Waals surface area contributed by atoms with Crippen LogP contribution in [-0.2, 0) is 9.59 Å². The molecular formula is C18H20O2. The van der Waals surface area contributed by atoms with Gasteiger partial charge < -0.3 is 0 Å². The number of carbonyl (C=O) groups is 2. The molecular weight excluding hydrogens is 248 g/mol. The van der Waals surface area contributed by atoms with Gasteiger partial charge in [-0.05, 0) is 73.3 Å². The van der Waals surface area contributed by atoms with Crippen molar-refractivity contribution < 1.29 is 9.59 Å². The molecule has 0 atom stereocenters. The van der Waals surface area contributed by atoms with Crippen LogP contribution < -0.4 is 0 Å². The van der Waals surface area contributed by atoms with Gasteiger partial charge in [0.1, 0.15) is 0 Å². The van der Waals surface area contributed by atoms with Crippen molar-refractivity contribution in [3.05, 3.63) is 57.7 Å². The number of hydrogen-bond donors (Lipinski definition) is 0. The largest absolute Gasteiger partial charge is 0.289 e. The van der Waals surface area contributed by atoms with Crippen LogP contribution in [0.25, 0.3) is 0 Å². The molecule has 104 valence electrons. The van der Waals surface area contributed by atoms with Gasteiger partial charge in [-0.15, -0.1) is 0 Å². The summed E-state index contributed by atoms with van der Waals surface area (Å²) in [7, 11) is 0. The molecule has 2 aliphatic rings. The van der Waals surface area contributed by atoms with E-state index in [0.29, 0.717) is 0 Å². The Kier molecular flexibility index (Phi) is 4.03. The second-order valence-corrected chi connectivity index (χ2v) is 5.27. The number of ketones is 2. The molecule has 0 N–H and O–H groups in total. The Morgan fingerprint density at radius 2 is 1.05 bits per heavy atom. The van der Waals surface area contributed by atoms with Gasteiger partial charge in [0.15, 0.2) is 11.6 Å². The molecule has 0 radical (unpaired) electrons. The summed E-state index contributed by atoms with van der Waals surface area (Å²) in [6.45, 7) is 7.67. The van der Waals surface area contributed by atoms with Gasteiger partial charge in [0, 0.05) is 11.1 Å². The minimum atomic E-state index is 0.129. The predicted molar refractivity (Wildman–Crippen MR) is 81.3 cm³/mol. The lowest BCUT2D eigenvalue weighted by Crippen LogP contribution is -2.11. The van der Waals surface area contributed by atoms with Crippen LogP contribution in [-0.4, -0.2) is 11.6 Å². The fraction of sp³-hybridized carbons (Fsp3) is 0.333. The highest BCUT2D eigenvalue weighted by Gasteiger charge is 2.20. The Balaban J connectivity index is 2.58. The monoisotopic (exact) mass is 268 g/mol. The van der Waals surface area contributed by atoms with E-state index in [-0.39, 0.29) is 11.6 Å². The van der Waals surface area contributed by atoms with E-state index in [1.807, 2.05) is 52.0 Å². The average Bonchev–Trinajstić information content (AvgIpc) is 2.44. The summed E-state index contributed by atoms with van der Waals surface area (Å²) in [6, 6.07) is 0. The molecule has 0 unspecified atom stereocenters. The van der Waals surface area contributed by atoms with E-state index in [1.54, 1.807) is 0 Å². The summed E-state index contributed by atoms with van der Waals surface area (Å²) >= 11 is 0. The molecule has 20 heavy (non-hydrogen) atoms. The van der Waals surface area contributed by atoms with Gasteiger partial charge in [-0.2, -0.15) is 0 Å². The maximum atomic E-state index is 12.0. The SMILES string of the molecule is CCC1=C/C(=C2\C=C(C)C(=O)C(CC)=C2)C=C(C)C1=O. The van der Waals surface area contributed by atoms with Gasteiger partial charge in [0.2, 0.25) is 0 Å². The minimum absolute atomic E-state index is 0.129. The first-order chi connectivity index (χ1) is 9.47. The molecule has 2 rings (SSSR count). The normalized spacial score (nSPS) is 23.2. The molecule has 0 spiro atoms. The van der Waals surface area contributed by atoms with E-state index in [1.165, 1.54) is 0 Å². The van der Waals surface area contributed by atoms with Gasteiger partial charge >= 0.3 is 0 Å². The zero-order chi connectivity index (χ0) is 14.9. The quantitative estimate of drug-likeness (QED) is 0.758. The third-order valence-electron chi connectivity index (χ3n) is 3.80. The lowest BCUT2D eigenvalue weighted by Gasteiger charge is -2.17. The van der Waals surface area contributed by atoms with Crippen LogP contribution >= 0.6 is 0 Å². The van der Waals surface area contributed by atoms with Crippen LogP contribution in [0.2, 0.25) is 0 Å². The number of carbonyl (C=O) groups excluding carboxylic acids is 2. The van der Waals surface area contributed by atoms with Crippen LogP contribution in [0.4, 0.5) is 0 Å². The van der Waals surface area contributed by atoms with Crippen LogP contribution in [0.15, 0.2) is 57.7 Å². The summed E-state index contributed by atoms with van der Waals surface area (Å²) < 4.78 is 0. The molecule has 0 aromatic rings. The molecule has 0 bridgehead atoms. The maximum Gasteiger partial charge on any atom is 0.184 e. The van der Waals surface area contributed by atoms with E-state index in [9.17, 15) is 9.59 Å². The third-order valence-corrected chi connectivity index (χ3v) is 3.80. The van der Waals surface area contributed by atoms with Gasteiger partial charge in [0.05, 0.1) is 0 Å². The highest BCUT2D eigenvalue weighted by Crippen LogP contribution is 2.28. The van der Waals surface area contributed by atoms with Crippen molar-refractivity contribution in [1.82, 2.24) is 0 Å². The Morgan fingerprint density at radius 3 is 1.35 bits per heavy atom. The Morgan fingerprint density at radius 1 is 0.700 bits per heavy atom. The summed E-state index contributed by atoms with van der Waals surface area (Å²) in [4.78, 5) is 24.0. The van der Waals surface area contributed by atoms with E-state index >= 15 is 0 Å². The molecule has 2 nitrogen and oxygen atoms in total. The first kappa shape index (κ1) is 14.4. The average molecular weight is 268 g/mol. The van der Waals surface area contributed by atoms with Crippen molar-refractivity contribution in [2.75, 3.05) is 0 Å². The Hall–Kier alpha value is -1.96. The fourth-order valence-corrected chi connectivity index (χ4v) is 2.55. The zero-order valence-electron chi connectivity index (χ0n) is 12.5. The topological polar surface area (TPSA) is 34.1 Å². The van der Waals surface area contributed by atoms with Crippen LogP contribution in [0, 0.1) is 0 Å². The smallest absolute Gasteiger partial charge is 0.184 e. The highest BCUT2D eigenvalue weighted by atomic mass is 16.1. The predicted octanol–water partition coefficient (Wildman–Crippen LogP) is 4.01. The third kappa shape index (κ3) is 2.51. The molecule has 0 saturated carbocycles. The van der Waals surface area contributed by atoms with E-state index in [0.717, 1.165) is 46.3 Å². The molecule has 0 heterocycles. The highest BCUT2D eigenvalue weighted by molar-refractivity contribution is 6.11. The van der Waals surface area contributed by atoms with Crippen LogP contribution in [0.1, 0.15) is 40.5 Å². The lowest BCUT2D eigenvalue weighted by atomic mass is 9.86. The zero-order valence-corrected chi connectivity index (χ0v) is 12.5. The van der Waals surface area contributed by atoms with Crippen LogP contribution in [0.5, 0.6) is 0 Å². The molecule has 0 fully saturated rings. The number of allylic oxidation sites excluding steroid dienone is 10. The number of hydrogen-bond acceptors (Lipinski definition) is 2. The summed E-state index contributed by atoms with van der Waals surface area (Å²) in [5, 5.41) is 0. The second-order valence-electron chi connectivity index (χ2n) is 5.27. The lowest BCUT2D eigenvalue weighted by molar-refractivity contribution is -0.113. The summed E-state index contributed by atoms with van der Waals surface area (Å²) in [5.74, 6) is 0.258. The van der Waals surface area contributed by atoms with Crippen molar-refractivity contribution in [2.24, 2.45) is 0 Å². The first-order valence-electron chi connectivity index (χ1n) is 7.09. The summed E-state index contributed by atoms with van der Waals surface area (Å²) in [5.41, 5.74) is 5.25. The Bertz CT molecular complexity index is 578. The minimum Gasteiger partial charge on any atom is -0.289 e. The van der Waals surface area contributed by atoms with Crippen molar-refractivity contribution in [1.29, 1.82) is 0 Å². The first-order valence-corrected chi connectivity index (χ1v) is 7.09. The second kappa shape index (κ2) is 5.58. The molecule has 2 heteroatoms. The maximum absolute atomic E-state index is 12.0. The molecule has 0 saturated heterocycles. The molecule has 2 aliphatic carbocycles. The van der Waals surface area contributed by atoms with Gasteiger partial charge in [-0.3, -0.25) is 9.59 Å². The molecule has 0 amide bonds. The molecule has 0 aromatic carbocycles. The summed E-state index contributed by atoms with van der Waals surface area (Å²) in [6.07, 6.45) is 9.20. The molecule has 0 aromatic heterocycles. The van der Waals surface area contributed by atoms with Gasteiger partial charge in [-0.1, -0.05) is 13.8 Å². The standard InChI is InChI=1S/C18H20O2/c1-5-13-9-15(7-11(3)17(13)19)16-8-12(4)18(20)14(6-2)10-16/h7-10H,5-6H2,1-4H3/b16-15+. The van der Waals surface area contributed by atoms with Crippen molar-refractivity contribution in [3.8, 4) is 0 Å². The Labute approximate surface area is 120 Å². The number of Topliss-reactive ketones (excluding diaryl/α,β-unsaturated/α-hetero) is 2. The van der Waals surface area contributed by atoms with Gasteiger partial charge in [-0.25, -0.2) is 0 Å². The fourth-order valence-electron chi connectivity index (χ4n) is 2.55. The van der Waals surface area contributed by atoms with Crippen molar-refractivity contribution >= 4 is 11.6 Å². The van der Waals surface area contributed by atoms with E-state index in [4.69, 9.17) is 0 Å². The van der Waals surface area contributed by atoms with Crippen molar-refractivity contribution in [2.45, 2.75) is 40.5 Å². The van der Waals surface area contributed by atoms with Crippen molar-refractivity contribution in [3.63, 3.8) is 0 Å².